The van der Waals surface area contributed by atoms with Crippen molar-refractivity contribution in [1.82, 2.24) is 4.90 Å². The van der Waals surface area contributed by atoms with E-state index in [0.717, 1.165) is 25.7 Å². The number of hydrogen-bond donors (Lipinski definition) is 0. The number of rotatable bonds is 4. The molecule has 0 aromatic heterocycles. The summed E-state index contributed by atoms with van der Waals surface area (Å²) in [7, 11) is 0. The fourth-order valence-electron chi connectivity index (χ4n) is 2.59. The Balaban J connectivity index is 2.14. The smallest absolute Gasteiger partial charge is 0.254 e. The van der Waals surface area contributed by atoms with E-state index in [4.69, 9.17) is 5.26 Å². The van der Waals surface area contributed by atoms with Crippen LogP contribution in [-0.2, 0) is 0 Å². The van der Waals surface area contributed by atoms with Crippen LogP contribution in [0.25, 0.3) is 0 Å². The normalized spacial score (nSPS) is 15.2. The minimum absolute atomic E-state index is 0.0952. The van der Waals surface area contributed by atoms with Crippen molar-refractivity contribution in [2.75, 3.05) is 6.54 Å². The molecule has 1 aliphatic rings. The minimum Gasteiger partial charge on any atom is -0.335 e. The first-order valence-corrected chi connectivity index (χ1v) is 6.66. The monoisotopic (exact) mass is 260 g/mol. The third-order valence-electron chi connectivity index (χ3n) is 3.58. The van der Waals surface area contributed by atoms with Gasteiger partial charge in [0.15, 0.2) is 0 Å². The Morgan fingerprint density at radius 1 is 1.32 bits per heavy atom. The van der Waals surface area contributed by atoms with Gasteiger partial charge in [0.1, 0.15) is 5.82 Å². The van der Waals surface area contributed by atoms with Crippen molar-refractivity contribution in [2.45, 2.75) is 38.1 Å². The zero-order chi connectivity index (χ0) is 13.7. The fourth-order valence-corrected chi connectivity index (χ4v) is 2.59. The second kappa shape index (κ2) is 6.33. The van der Waals surface area contributed by atoms with Crippen LogP contribution >= 0.6 is 0 Å². The van der Waals surface area contributed by atoms with E-state index in [-0.39, 0.29) is 17.8 Å². The molecule has 1 aliphatic carbocycles. The molecule has 1 saturated carbocycles. The SMILES string of the molecule is N#CCCN(C(=O)c1ccc(F)cc1)C1CCCC1. The average Bonchev–Trinajstić information content (AvgIpc) is 2.94. The second-order valence-electron chi connectivity index (χ2n) is 4.85. The molecule has 2 rings (SSSR count). The number of hydrogen-bond acceptors (Lipinski definition) is 2. The van der Waals surface area contributed by atoms with Gasteiger partial charge in [0.2, 0.25) is 0 Å². The van der Waals surface area contributed by atoms with Gasteiger partial charge in [-0.2, -0.15) is 5.26 Å². The summed E-state index contributed by atoms with van der Waals surface area (Å²) in [4.78, 5) is 14.2. The summed E-state index contributed by atoms with van der Waals surface area (Å²) in [5.41, 5.74) is 0.492. The molecular weight excluding hydrogens is 243 g/mol. The van der Waals surface area contributed by atoms with Gasteiger partial charge in [-0.3, -0.25) is 4.79 Å². The molecule has 1 fully saturated rings. The van der Waals surface area contributed by atoms with Crippen molar-refractivity contribution in [3.05, 3.63) is 35.6 Å². The number of nitrogens with zero attached hydrogens (tertiary/aromatic N) is 2. The molecule has 100 valence electrons. The van der Waals surface area contributed by atoms with Gasteiger partial charge in [-0.05, 0) is 37.1 Å². The molecule has 19 heavy (non-hydrogen) atoms. The Morgan fingerprint density at radius 2 is 1.95 bits per heavy atom. The predicted octanol–water partition coefficient (Wildman–Crippen LogP) is 3.12. The average molecular weight is 260 g/mol. The maximum atomic E-state index is 12.9. The molecule has 0 saturated heterocycles. The van der Waals surface area contributed by atoms with Gasteiger partial charge < -0.3 is 4.90 Å². The van der Waals surface area contributed by atoms with Crippen molar-refractivity contribution < 1.29 is 9.18 Å². The van der Waals surface area contributed by atoms with Gasteiger partial charge in [-0.15, -0.1) is 0 Å². The maximum Gasteiger partial charge on any atom is 0.254 e. The molecular formula is C15H17FN2O. The number of benzene rings is 1. The number of carbonyl (C=O) groups is 1. The first kappa shape index (κ1) is 13.5. The van der Waals surface area contributed by atoms with E-state index in [1.165, 1.54) is 24.3 Å². The van der Waals surface area contributed by atoms with Crippen LogP contribution in [0.1, 0.15) is 42.5 Å². The maximum absolute atomic E-state index is 12.9. The quantitative estimate of drug-likeness (QED) is 0.834. The molecule has 1 aromatic carbocycles. The lowest BCUT2D eigenvalue weighted by molar-refractivity contribution is 0.0686. The topological polar surface area (TPSA) is 44.1 Å². The number of amides is 1. The molecule has 0 unspecified atom stereocenters. The molecule has 0 atom stereocenters. The molecule has 3 nitrogen and oxygen atoms in total. The van der Waals surface area contributed by atoms with Gasteiger partial charge in [-0.1, -0.05) is 12.8 Å². The third-order valence-corrected chi connectivity index (χ3v) is 3.58. The van der Waals surface area contributed by atoms with Crippen molar-refractivity contribution in [3.8, 4) is 6.07 Å². The van der Waals surface area contributed by atoms with Crippen LogP contribution in [0.5, 0.6) is 0 Å². The predicted molar refractivity (Wildman–Crippen MR) is 69.9 cm³/mol. The highest BCUT2D eigenvalue weighted by Gasteiger charge is 2.26. The second-order valence-corrected chi connectivity index (χ2v) is 4.85. The Kier molecular flexibility index (Phi) is 4.51. The van der Waals surface area contributed by atoms with E-state index < -0.39 is 0 Å². The van der Waals surface area contributed by atoms with Crippen molar-refractivity contribution in [1.29, 1.82) is 5.26 Å². The molecule has 0 aliphatic heterocycles. The molecule has 0 heterocycles. The van der Waals surface area contributed by atoms with Crippen molar-refractivity contribution in [2.24, 2.45) is 0 Å². The summed E-state index contributed by atoms with van der Waals surface area (Å²) in [6, 6.07) is 7.91. The van der Waals surface area contributed by atoms with Gasteiger partial charge in [-0.25, -0.2) is 4.39 Å². The van der Waals surface area contributed by atoms with Crippen LogP contribution in [0.15, 0.2) is 24.3 Å². The molecule has 0 N–H and O–H groups in total. The summed E-state index contributed by atoms with van der Waals surface area (Å²) in [6.07, 6.45) is 4.59. The Morgan fingerprint density at radius 3 is 2.53 bits per heavy atom. The Bertz CT molecular complexity index is 472. The first-order valence-electron chi connectivity index (χ1n) is 6.66. The Hall–Kier alpha value is -1.89. The van der Waals surface area contributed by atoms with Crippen LogP contribution in [0.4, 0.5) is 4.39 Å². The van der Waals surface area contributed by atoms with Gasteiger partial charge >= 0.3 is 0 Å². The highest BCUT2D eigenvalue weighted by Crippen LogP contribution is 2.25. The fraction of sp³-hybridized carbons (Fsp3) is 0.467. The number of carbonyl (C=O) groups excluding carboxylic acids is 1. The largest absolute Gasteiger partial charge is 0.335 e. The van der Waals surface area contributed by atoms with Gasteiger partial charge in [0, 0.05) is 18.2 Å². The molecule has 0 radical (unpaired) electrons. The van der Waals surface area contributed by atoms with E-state index in [9.17, 15) is 9.18 Å². The van der Waals surface area contributed by atoms with Crippen molar-refractivity contribution in [3.63, 3.8) is 0 Å². The van der Waals surface area contributed by atoms with Crippen LogP contribution in [0.3, 0.4) is 0 Å². The lowest BCUT2D eigenvalue weighted by Gasteiger charge is -2.28. The summed E-state index contributed by atoms with van der Waals surface area (Å²) < 4.78 is 12.9. The first-order chi connectivity index (χ1) is 9.22. The van der Waals surface area contributed by atoms with Crippen LogP contribution in [0.2, 0.25) is 0 Å². The number of halogens is 1. The molecule has 0 bridgehead atoms. The third kappa shape index (κ3) is 3.31. The summed E-state index contributed by atoms with van der Waals surface area (Å²) in [5.74, 6) is -0.442. The van der Waals surface area contributed by atoms with E-state index >= 15 is 0 Å². The van der Waals surface area contributed by atoms with E-state index in [0.29, 0.717) is 18.5 Å². The molecule has 1 amide bonds. The molecule has 1 aromatic rings. The van der Waals surface area contributed by atoms with Crippen LogP contribution in [0, 0.1) is 17.1 Å². The highest BCUT2D eigenvalue weighted by molar-refractivity contribution is 5.94. The van der Waals surface area contributed by atoms with E-state index in [1.807, 2.05) is 0 Å². The standard InChI is InChI=1S/C15H17FN2O/c16-13-8-6-12(7-9-13)15(19)18(11-3-10-17)14-4-1-2-5-14/h6-9,14H,1-5,11H2. The summed E-state index contributed by atoms with van der Waals surface area (Å²) in [6.45, 7) is 0.456. The van der Waals surface area contributed by atoms with Gasteiger partial charge in [0.25, 0.3) is 5.91 Å². The lowest BCUT2D eigenvalue weighted by Crippen LogP contribution is -2.39. The zero-order valence-electron chi connectivity index (χ0n) is 10.8. The minimum atomic E-state index is -0.346. The molecule has 4 heteroatoms. The van der Waals surface area contributed by atoms with Crippen LogP contribution < -0.4 is 0 Å². The highest BCUT2D eigenvalue weighted by atomic mass is 19.1. The van der Waals surface area contributed by atoms with E-state index in [1.54, 1.807) is 4.90 Å². The number of nitriles is 1. The lowest BCUT2D eigenvalue weighted by atomic mass is 10.1. The van der Waals surface area contributed by atoms with Crippen molar-refractivity contribution >= 4 is 5.91 Å². The Labute approximate surface area is 112 Å². The molecule has 0 spiro atoms. The van der Waals surface area contributed by atoms with Crippen LogP contribution in [-0.4, -0.2) is 23.4 Å². The summed E-state index contributed by atoms with van der Waals surface area (Å²) in [5, 5.41) is 8.71. The summed E-state index contributed by atoms with van der Waals surface area (Å²) >= 11 is 0. The van der Waals surface area contributed by atoms with Gasteiger partial charge in [0.05, 0.1) is 12.5 Å². The van der Waals surface area contributed by atoms with E-state index in [2.05, 4.69) is 6.07 Å². The zero-order valence-corrected chi connectivity index (χ0v) is 10.8.